The van der Waals surface area contributed by atoms with Crippen LogP contribution in [0.5, 0.6) is 0 Å². The Labute approximate surface area is 108 Å². The van der Waals surface area contributed by atoms with E-state index in [1.807, 2.05) is 13.8 Å². The Kier molecular flexibility index (Phi) is 5.40. The fourth-order valence-corrected chi connectivity index (χ4v) is 2.15. The molecule has 1 saturated heterocycles. The number of likely N-dealkylation sites (tertiary alicyclic amines) is 1. The zero-order chi connectivity index (χ0) is 13.7. The zero-order valence-corrected chi connectivity index (χ0v) is 11.3. The van der Waals surface area contributed by atoms with Gasteiger partial charge in [-0.3, -0.25) is 4.79 Å². The molecule has 104 valence electrons. The number of rotatable bonds is 4. The summed E-state index contributed by atoms with van der Waals surface area (Å²) in [5.74, 6) is 0.369. The predicted octanol–water partition coefficient (Wildman–Crippen LogP) is 0.317. The van der Waals surface area contributed by atoms with Gasteiger partial charge in [0.25, 0.3) is 0 Å². The third kappa shape index (κ3) is 4.18. The smallest absolute Gasteiger partial charge is 0.407 e. The second-order valence-electron chi connectivity index (χ2n) is 5.14. The molecule has 0 saturated carbocycles. The molecule has 0 radical (unpaired) electrons. The second-order valence-corrected chi connectivity index (χ2v) is 5.14. The highest BCUT2D eigenvalue weighted by molar-refractivity contribution is 5.82. The summed E-state index contributed by atoms with van der Waals surface area (Å²) in [5.41, 5.74) is 5.87. The number of ether oxygens (including phenoxy) is 1. The van der Waals surface area contributed by atoms with Crippen LogP contribution >= 0.6 is 0 Å². The molecule has 6 nitrogen and oxygen atoms in total. The first kappa shape index (κ1) is 14.8. The van der Waals surface area contributed by atoms with Gasteiger partial charge in [0.15, 0.2) is 0 Å². The SMILES string of the molecule is COC(=O)NC1CCN(C(=O)[C@H](N)CC(C)C)C1. The molecular weight excluding hydrogens is 234 g/mol. The van der Waals surface area contributed by atoms with Crippen LogP contribution in [-0.2, 0) is 9.53 Å². The predicted molar refractivity (Wildman–Crippen MR) is 68.0 cm³/mol. The highest BCUT2D eigenvalue weighted by atomic mass is 16.5. The Morgan fingerprint density at radius 3 is 2.72 bits per heavy atom. The number of hydrogen-bond donors (Lipinski definition) is 2. The lowest BCUT2D eigenvalue weighted by molar-refractivity contribution is -0.131. The van der Waals surface area contributed by atoms with E-state index in [1.165, 1.54) is 7.11 Å². The number of carbonyl (C=O) groups excluding carboxylic acids is 2. The molecule has 1 aliphatic rings. The van der Waals surface area contributed by atoms with Crippen molar-refractivity contribution in [3.8, 4) is 0 Å². The number of methoxy groups -OCH3 is 1. The van der Waals surface area contributed by atoms with E-state index in [-0.39, 0.29) is 11.9 Å². The first-order valence-electron chi connectivity index (χ1n) is 6.33. The number of carbonyl (C=O) groups is 2. The molecule has 1 rings (SSSR count). The van der Waals surface area contributed by atoms with Gasteiger partial charge in [0.05, 0.1) is 19.2 Å². The Morgan fingerprint density at radius 2 is 2.17 bits per heavy atom. The minimum atomic E-state index is -0.458. The Hall–Kier alpha value is -1.30. The van der Waals surface area contributed by atoms with Crippen LogP contribution in [0.25, 0.3) is 0 Å². The van der Waals surface area contributed by atoms with Gasteiger partial charge < -0.3 is 20.7 Å². The Bertz CT molecular complexity index is 307. The van der Waals surface area contributed by atoms with Gasteiger partial charge in [-0.1, -0.05) is 13.8 Å². The molecule has 6 heteroatoms. The van der Waals surface area contributed by atoms with Crippen molar-refractivity contribution in [2.45, 2.75) is 38.8 Å². The lowest BCUT2D eigenvalue weighted by Crippen LogP contribution is -2.45. The molecule has 1 unspecified atom stereocenters. The van der Waals surface area contributed by atoms with E-state index in [4.69, 9.17) is 5.73 Å². The average Bonchev–Trinajstić information content (AvgIpc) is 2.75. The van der Waals surface area contributed by atoms with E-state index in [1.54, 1.807) is 4.90 Å². The summed E-state index contributed by atoms with van der Waals surface area (Å²) < 4.78 is 4.53. The second kappa shape index (κ2) is 6.58. The maximum Gasteiger partial charge on any atom is 0.407 e. The van der Waals surface area contributed by atoms with Crippen molar-refractivity contribution >= 4 is 12.0 Å². The van der Waals surface area contributed by atoms with Crippen molar-refractivity contribution in [2.75, 3.05) is 20.2 Å². The topological polar surface area (TPSA) is 84.7 Å². The summed E-state index contributed by atoms with van der Waals surface area (Å²) >= 11 is 0. The lowest BCUT2D eigenvalue weighted by Gasteiger charge is -2.22. The first-order chi connectivity index (χ1) is 8.43. The Balaban J connectivity index is 2.41. The fraction of sp³-hybridized carbons (Fsp3) is 0.833. The molecule has 18 heavy (non-hydrogen) atoms. The molecule has 0 aliphatic carbocycles. The highest BCUT2D eigenvalue weighted by Crippen LogP contribution is 2.13. The van der Waals surface area contributed by atoms with Crippen LogP contribution in [0.15, 0.2) is 0 Å². The minimum Gasteiger partial charge on any atom is -0.453 e. The van der Waals surface area contributed by atoms with Crippen LogP contribution in [0, 0.1) is 5.92 Å². The molecule has 0 bridgehead atoms. The van der Waals surface area contributed by atoms with Crippen LogP contribution in [-0.4, -0.2) is 49.2 Å². The largest absolute Gasteiger partial charge is 0.453 e. The van der Waals surface area contributed by atoms with Crippen molar-refractivity contribution in [3.05, 3.63) is 0 Å². The van der Waals surface area contributed by atoms with Crippen molar-refractivity contribution in [1.82, 2.24) is 10.2 Å². The number of alkyl carbamates (subject to hydrolysis) is 1. The highest BCUT2D eigenvalue weighted by Gasteiger charge is 2.30. The molecular formula is C12H23N3O3. The number of amides is 2. The van der Waals surface area contributed by atoms with E-state index >= 15 is 0 Å². The molecule has 2 atom stereocenters. The molecule has 0 aromatic carbocycles. The summed E-state index contributed by atoms with van der Waals surface area (Å²) in [6.45, 7) is 5.23. The van der Waals surface area contributed by atoms with Crippen molar-refractivity contribution < 1.29 is 14.3 Å². The van der Waals surface area contributed by atoms with Crippen LogP contribution in [0.4, 0.5) is 4.79 Å². The number of nitrogens with two attached hydrogens (primary N) is 1. The first-order valence-corrected chi connectivity index (χ1v) is 6.33. The summed E-state index contributed by atoms with van der Waals surface area (Å²) in [6, 6.07) is -0.477. The Morgan fingerprint density at radius 1 is 1.50 bits per heavy atom. The number of hydrogen-bond acceptors (Lipinski definition) is 4. The van der Waals surface area contributed by atoms with Gasteiger partial charge in [-0.2, -0.15) is 0 Å². The van der Waals surface area contributed by atoms with Crippen molar-refractivity contribution in [2.24, 2.45) is 11.7 Å². The molecule has 0 aromatic rings. The van der Waals surface area contributed by atoms with Gasteiger partial charge in [0.2, 0.25) is 5.91 Å². The van der Waals surface area contributed by atoms with Gasteiger partial charge in [-0.15, -0.1) is 0 Å². The normalized spacial score (nSPS) is 20.9. The maximum absolute atomic E-state index is 12.0. The van der Waals surface area contributed by atoms with Crippen LogP contribution in [0.3, 0.4) is 0 Å². The van der Waals surface area contributed by atoms with Gasteiger partial charge in [0.1, 0.15) is 0 Å². The monoisotopic (exact) mass is 257 g/mol. The standard InChI is InChI=1S/C12H23N3O3/c1-8(2)6-10(13)11(16)15-5-4-9(7-15)14-12(17)18-3/h8-10H,4-7,13H2,1-3H3,(H,14,17)/t9?,10-/m1/s1. The molecule has 2 amide bonds. The van der Waals surface area contributed by atoms with Crippen molar-refractivity contribution in [1.29, 1.82) is 0 Å². The molecule has 3 N–H and O–H groups in total. The molecule has 0 spiro atoms. The quantitative estimate of drug-likeness (QED) is 0.759. The van der Waals surface area contributed by atoms with E-state index < -0.39 is 12.1 Å². The van der Waals surface area contributed by atoms with Crippen LogP contribution in [0.2, 0.25) is 0 Å². The number of nitrogens with zero attached hydrogens (tertiary/aromatic N) is 1. The van der Waals surface area contributed by atoms with Crippen molar-refractivity contribution in [3.63, 3.8) is 0 Å². The lowest BCUT2D eigenvalue weighted by atomic mass is 10.0. The molecule has 1 heterocycles. The van der Waals surface area contributed by atoms with Gasteiger partial charge >= 0.3 is 6.09 Å². The van der Waals surface area contributed by atoms with Gasteiger partial charge in [0, 0.05) is 13.1 Å². The van der Waals surface area contributed by atoms with Gasteiger partial charge in [-0.25, -0.2) is 4.79 Å². The summed E-state index contributed by atoms with van der Waals surface area (Å²) in [6.07, 6.45) is 0.973. The molecule has 1 aliphatic heterocycles. The van der Waals surface area contributed by atoms with E-state index in [9.17, 15) is 9.59 Å². The average molecular weight is 257 g/mol. The summed E-state index contributed by atoms with van der Waals surface area (Å²) in [4.78, 5) is 24.8. The molecule has 1 fully saturated rings. The third-order valence-electron chi connectivity index (χ3n) is 3.05. The number of nitrogens with one attached hydrogen (secondary N) is 1. The summed E-state index contributed by atoms with van der Waals surface area (Å²) in [5, 5.41) is 2.70. The van der Waals surface area contributed by atoms with Crippen LogP contribution < -0.4 is 11.1 Å². The van der Waals surface area contributed by atoms with Crippen LogP contribution in [0.1, 0.15) is 26.7 Å². The fourth-order valence-electron chi connectivity index (χ4n) is 2.15. The molecule has 0 aromatic heterocycles. The summed E-state index contributed by atoms with van der Waals surface area (Å²) in [7, 11) is 1.33. The van der Waals surface area contributed by atoms with E-state index in [0.717, 1.165) is 6.42 Å². The van der Waals surface area contributed by atoms with Gasteiger partial charge in [-0.05, 0) is 18.8 Å². The van der Waals surface area contributed by atoms with E-state index in [0.29, 0.717) is 25.4 Å². The zero-order valence-electron chi connectivity index (χ0n) is 11.3. The third-order valence-corrected chi connectivity index (χ3v) is 3.05. The maximum atomic E-state index is 12.0. The minimum absolute atomic E-state index is 0.0298. The van der Waals surface area contributed by atoms with E-state index in [2.05, 4.69) is 10.1 Å².